The Morgan fingerprint density at radius 1 is 1.03 bits per heavy atom. The normalized spacial score (nSPS) is 53.9. The summed E-state index contributed by atoms with van der Waals surface area (Å²) in [4.78, 5) is 11.8. The van der Waals surface area contributed by atoms with E-state index in [-0.39, 0.29) is 41.7 Å². The zero-order chi connectivity index (χ0) is 24.6. The van der Waals surface area contributed by atoms with Gasteiger partial charge >= 0.3 is 5.97 Å². The molecule has 6 rings (SSSR count). The summed E-state index contributed by atoms with van der Waals surface area (Å²) in [6.45, 7) is 6.96. The van der Waals surface area contributed by atoms with E-state index in [2.05, 4.69) is 20.8 Å². The smallest absolute Gasteiger partial charge is 0.331 e. The number of rotatable bonds is 3. The molecule has 4 aliphatic carbocycles. The number of carbonyl (C=O) groups excluding carboxylic acids is 1. The molecule has 196 valence electrons. The van der Waals surface area contributed by atoms with E-state index in [1.165, 1.54) is 6.42 Å². The minimum absolute atomic E-state index is 0.00227. The van der Waals surface area contributed by atoms with Crippen LogP contribution in [0.4, 0.5) is 0 Å². The Bertz CT molecular complexity index is 886. The van der Waals surface area contributed by atoms with Gasteiger partial charge in [-0.25, -0.2) is 4.79 Å². The molecule has 5 fully saturated rings. The van der Waals surface area contributed by atoms with E-state index in [0.29, 0.717) is 24.9 Å². The third-order valence-electron chi connectivity index (χ3n) is 11.8. The molecule has 35 heavy (non-hydrogen) atoms. The highest BCUT2D eigenvalue weighted by Crippen LogP contribution is 2.70. The van der Waals surface area contributed by atoms with Crippen LogP contribution in [0.1, 0.15) is 91.4 Å². The number of aliphatic hydroxyl groups is 2. The summed E-state index contributed by atoms with van der Waals surface area (Å²) in [5.74, 6) is 0.783. The van der Waals surface area contributed by atoms with Crippen molar-refractivity contribution in [3.8, 4) is 0 Å². The third kappa shape index (κ3) is 3.60. The topological polar surface area (TPSA) is 85.2 Å². The second kappa shape index (κ2) is 8.54. The fourth-order valence-electron chi connectivity index (χ4n) is 9.76. The Labute approximate surface area is 209 Å². The number of aliphatic hydroxyl groups excluding tert-OH is 1. The van der Waals surface area contributed by atoms with E-state index < -0.39 is 17.1 Å². The lowest BCUT2D eigenvalue weighted by molar-refractivity contribution is -0.256. The highest BCUT2D eigenvalue weighted by atomic mass is 16.7. The minimum atomic E-state index is -0.903. The summed E-state index contributed by atoms with van der Waals surface area (Å²) in [7, 11) is 0. The number of hydrogen-bond donors (Lipinski definition) is 2. The van der Waals surface area contributed by atoms with Crippen LogP contribution >= 0.6 is 0 Å². The van der Waals surface area contributed by atoms with Gasteiger partial charge in [-0.2, -0.15) is 0 Å². The predicted molar refractivity (Wildman–Crippen MR) is 130 cm³/mol. The molecule has 6 aliphatic rings. The molecule has 0 spiro atoms. The van der Waals surface area contributed by atoms with E-state index in [1.54, 1.807) is 6.08 Å². The number of esters is 1. The van der Waals surface area contributed by atoms with Crippen LogP contribution in [0.15, 0.2) is 11.6 Å². The number of ether oxygens (including phenoxy) is 3. The second-order valence-corrected chi connectivity index (χ2v) is 13.2. The Morgan fingerprint density at radius 3 is 2.60 bits per heavy atom. The van der Waals surface area contributed by atoms with Crippen molar-refractivity contribution in [3.05, 3.63) is 11.6 Å². The summed E-state index contributed by atoms with van der Waals surface area (Å²) in [5.41, 5.74) is -0.458. The minimum Gasteiger partial charge on any atom is -0.458 e. The molecule has 2 aliphatic heterocycles. The molecule has 0 aromatic carbocycles. The summed E-state index contributed by atoms with van der Waals surface area (Å²) in [5, 5.41) is 24.1. The van der Waals surface area contributed by atoms with Gasteiger partial charge in [-0.15, -0.1) is 0 Å². The van der Waals surface area contributed by atoms with Crippen LogP contribution in [0.2, 0.25) is 0 Å². The van der Waals surface area contributed by atoms with Gasteiger partial charge < -0.3 is 24.4 Å². The second-order valence-electron chi connectivity index (χ2n) is 13.2. The Morgan fingerprint density at radius 2 is 1.86 bits per heavy atom. The first-order valence-corrected chi connectivity index (χ1v) is 14.2. The molecule has 1 unspecified atom stereocenters. The van der Waals surface area contributed by atoms with Crippen LogP contribution in [-0.4, -0.2) is 53.0 Å². The van der Waals surface area contributed by atoms with Crippen molar-refractivity contribution in [2.75, 3.05) is 6.61 Å². The van der Waals surface area contributed by atoms with Crippen LogP contribution in [0.5, 0.6) is 0 Å². The zero-order valence-corrected chi connectivity index (χ0v) is 21.7. The highest BCUT2D eigenvalue weighted by molar-refractivity contribution is 5.85. The maximum absolute atomic E-state index is 12.4. The van der Waals surface area contributed by atoms with E-state index in [1.807, 2.05) is 0 Å². The van der Waals surface area contributed by atoms with Crippen molar-refractivity contribution in [3.63, 3.8) is 0 Å². The number of fused-ring (bicyclic) bond motifs is 5. The van der Waals surface area contributed by atoms with Crippen molar-refractivity contribution in [1.29, 1.82) is 0 Å². The Kier molecular flexibility index (Phi) is 5.95. The molecule has 11 atom stereocenters. The van der Waals surface area contributed by atoms with Gasteiger partial charge in [0, 0.05) is 11.5 Å². The third-order valence-corrected chi connectivity index (χ3v) is 11.8. The average molecular weight is 489 g/mol. The number of hydrogen-bond acceptors (Lipinski definition) is 6. The van der Waals surface area contributed by atoms with E-state index in [0.717, 1.165) is 63.4 Å². The van der Waals surface area contributed by atoms with Gasteiger partial charge in [0.25, 0.3) is 0 Å². The van der Waals surface area contributed by atoms with Gasteiger partial charge in [0.1, 0.15) is 6.61 Å². The predicted octanol–water partition coefficient (Wildman–Crippen LogP) is 4.51. The van der Waals surface area contributed by atoms with Crippen molar-refractivity contribution in [2.24, 2.45) is 34.5 Å². The van der Waals surface area contributed by atoms with Gasteiger partial charge in [0.2, 0.25) is 0 Å². The molecule has 0 bridgehead atoms. The maximum atomic E-state index is 12.4. The molecule has 0 aromatic rings. The van der Waals surface area contributed by atoms with Crippen LogP contribution in [0.3, 0.4) is 0 Å². The van der Waals surface area contributed by atoms with Crippen LogP contribution in [0.25, 0.3) is 0 Å². The maximum Gasteiger partial charge on any atom is 0.331 e. The van der Waals surface area contributed by atoms with E-state index in [9.17, 15) is 15.0 Å². The fourth-order valence-corrected chi connectivity index (χ4v) is 9.76. The van der Waals surface area contributed by atoms with Gasteiger partial charge in [0.05, 0.1) is 23.9 Å². The van der Waals surface area contributed by atoms with Crippen LogP contribution in [-0.2, 0) is 19.0 Å². The van der Waals surface area contributed by atoms with Gasteiger partial charge in [-0.3, -0.25) is 0 Å². The lowest BCUT2D eigenvalue weighted by atomic mass is 9.42. The van der Waals surface area contributed by atoms with Gasteiger partial charge in [-0.1, -0.05) is 13.8 Å². The molecular formula is C29H44O6. The van der Waals surface area contributed by atoms with Crippen LogP contribution in [0, 0.1) is 34.5 Å². The van der Waals surface area contributed by atoms with Gasteiger partial charge in [0.15, 0.2) is 6.29 Å². The molecule has 6 nitrogen and oxygen atoms in total. The molecule has 1 saturated heterocycles. The molecule has 2 N–H and O–H groups in total. The SMILES string of the molecule is C[C@@H]1CCC[C@H](O[C@H]2CC[C@]3(C)C4C[C@@H](O)[C@]5(C)[C@@H](C6=CC(=O)OC6)CC[C@]5(O)[C@@H]4CC[C@@H]3C2)O1. The van der Waals surface area contributed by atoms with Crippen molar-refractivity contribution < 1.29 is 29.2 Å². The quantitative estimate of drug-likeness (QED) is 0.449. The molecule has 0 amide bonds. The molecular weight excluding hydrogens is 444 g/mol. The lowest BCUT2D eigenvalue weighted by Gasteiger charge is -2.65. The molecule has 2 heterocycles. The standard InChI is InChI=1S/C29H44O6/c1-17-5-4-6-26(34-17)35-20-9-11-27(2)19(14-20)7-8-22-23(27)15-24(30)28(3)21(10-12-29(22,28)32)18-13-25(31)33-16-18/h13,17,19-24,26,30,32H,4-12,14-16H2,1-3H3/t17-,19-,20+,21-,22-,23?,24-,26+,27+,28+,29+/m1/s1. The Hall–Kier alpha value is -0.950. The van der Waals surface area contributed by atoms with Crippen LogP contribution < -0.4 is 0 Å². The highest BCUT2D eigenvalue weighted by Gasteiger charge is 2.70. The van der Waals surface area contributed by atoms with E-state index >= 15 is 0 Å². The lowest BCUT2D eigenvalue weighted by Crippen LogP contribution is -2.67. The molecule has 6 heteroatoms. The first-order chi connectivity index (χ1) is 16.6. The molecule has 0 aromatic heterocycles. The first kappa shape index (κ1) is 24.4. The summed E-state index contributed by atoms with van der Waals surface area (Å²) in [6.07, 6.45) is 12.4. The van der Waals surface area contributed by atoms with Crippen molar-refractivity contribution in [2.45, 2.75) is 122 Å². The van der Waals surface area contributed by atoms with E-state index in [4.69, 9.17) is 14.2 Å². The number of cyclic esters (lactones) is 1. The van der Waals surface area contributed by atoms with Crippen molar-refractivity contribution >= 4 is 5.97 Å². The van der Waals surface area contributed by atoms with Gasteiger partial charge in [-0.05, 0) is 112 Å². The molecule has 4 saturated carbocycles. The summed E-state index contributed by atoms with van der Waals surface area (Å²) >= 11 is 0. The monoisotopic (exact) mass is 488 g/mol. The molecule has 0 radical (unpaired) electrons. The Balaban J connectivity index is 1.21. The largest absolute Gasteiger partial charge is 0.458 e. The average Bonchev–Trinajstić information content (AvgIpc) is 3.36. The first-order valence-electron chi connectivity index (χ1n) is 14.2. The fraction of sp³-hybridized carbons (Fsp3) is 0.897. The zero-order valence-electron chi connectivity index (χ0n) is 21.7. The van der Waals surface area contributed by atoms with Crippen molar-refractivity contribution in [1.82, 2.24) is 0 Å². The number of carbonyl (C=O) groups is 1. The summed E-state index contributed by atoms with van der Waals surface area (Å²) < 4.78 is 17.7. The summed E-state index contributed by atoms with van der Waals surface area (Å²) in [6, 6.07) is 0.